The van der Waals surface area contributed by atoms with Gasteiger partial charge in [0.05, 0.1) is 24.8 Å². The van der Waals surface area contributed by atoms with Crippen molar-refractivity contribution in [2.24, 2.45) is 5.92 Å². The van der Waals surface area contributed by atoms with Gasteiger partial charge in [0.25, 0.3) is 0 Å². The minimum absolute atomic E-state index is 0.0389. The van der Waals surface area contributed by atoms with Crippen LogP contribution in [0.25, 0.3) is 0 Å². The number of alkyl halides is 3. The first-order valence-corrected chi connectivity index (χ1v) is 11.4. The van der Waals surface area contributed by atoms with E-state index in [2.05, 4.69) is 6.07 Å². The average Bonchev–Trinajstić information content (AvgIpc) is 2.78. The third kappa shape index (κ3) is 9.26. The standard InChI is InChI=1S/C24H26F3NO4S/c1-3-30-23(29)15-32-22-11-10-21(13-17(22)2)33-16-18(5-4-12-28)14-31-20-8-6-19(7-9-20)24(25,26)27/h6-11,13,18H,3-5,14-16H2,1-2H3. The van der Waals surface area contributed by atoms with Crippen molar-refractivity contribution in [3.63, 3.8) is 0 Å². The van der Waals surface area contributed by atoms with E-state index in [1.807, 2.05) is 19.1 Å². The number of carbonyl (C=O) groups excluding carboxylic acids is 1. The minimum Gasteiger partial charge on any atom is -0.493 e. The summed E-state index contributed by atoms with van der Waals surface area (Å²) in [6.45, 7) is 4.05. The van der Waals surface area contributed by atoms with Gasteiger partial charge < -0.3 is 14.2 Å². The number of halogens is 3. The molecule has 0 amide bonds. The molecule has 0 heterocycles. The Labute approximate surface area is 195 Å². The van der Waals surface area contributed by atoms with Crippen LogP contribution in [0.15, 0.2) is 47.4 Å². The molecule has 0 aliphatic carbocycles. The third-order valence-corrected chi connectivity index (χ3v) is 5.84. The van der Waals surface area contributed by atoms with Gasteiger partial charge in [-0.1, -0.05) is 0 Å². The predicted molar refractivity (Wildman–Crippen MR) is 119 cm³/mol. The van der Waals surface area contributed by atoms with Crippen molar-refractivity contribution in [2.75, 3.05) is 25.6 Å². The van der Waals surface area contributed by atoms with Gasteiger partial charge in [-0.2, -0.15) is 18.4 Å². The Morgan fingerprint density at radius 1 is 1.15 bits per heavy atom. The minimum atomic E-state index is -4.39. The summed E-state index contributed by atoms with van der Waals surface area (Å²) in [6, 6.07) is 12.3. The van der Waals surface area contributed by atoms with Crippen LogP contribution in [0.4, 0.5) is 13.2 Å². The molecule has 0 saturated heterocycles. The second-order valence-electron chi connectivity index (χ2n) is 7.23. The number of thioether (sulfide) groups is 1. The van der Waals surface area contributed by atoms with Crippen LogP contribution in [0.3, 0.4) is 0 Å². The lowest BCUT2D eigenvalue weighted by molar-refractivity contribution is -0.145. The summed E-state index contributed by atoms with van der Waals surface area (Å²) in [5.41, 5.74) is 0.148. The second-order valence-corrected chi connectivity index (χ2v) is 8.32. The molecule has 2 aromatic rings. The van der Waals surface area contributed by atoms with Crippen LogP contribution in [0.1, 0.15) is 30.9 Å². The van der Waals surface area contributed by atoms with E-state index in [0.29, 0.717) is 43.3 Å². The summed E-state index contributed by atoms with van der Waals surface area (Å²) < 4.78 is 54.1. The van der Waals surface area contributed by atoms with Gasteiger partial charge in [-0.25, -0.2) is 4.79 Å². The number of carbonyl (C=O) groups is 1. The number of nitrogens with zero attached hydrogens (tertiary/aromatic N) is 1. The van der Waals surface area contributed by atoms with Crippen molar-refractivity contribution in [3.05, 3.63) is 53.6 Å². The van der Waals surface area contributed by atoms with E-state index in [1.165, 1.54) is 12.1 Å². The van der Waals surface area contributed by atoms with Crippen LogP contribution in [0.5, 0.6) is 11.5 Å². The number of aryl methyl sites for hydroxylation is 1. The molecule has 1 unspecified atom stereocenters. The number of ether oxygens (including phenoxy) is 3. The second kappa shape index (κ2) is 13.0. The molecule has 5 nitrogen and oxygen atoms in total. The highest BCUT2D eigenvalue weighted by Gasteiger charge is 2.30. The SMILES string of the molecule is CCOC(=O)COc1ccc(SCC(CCC#N)COc2ccc(C(F)(F)F)cc2)cc1C. The fourth-order valence-corrected chi connectivity index (χ4v) is 3.98. The van der Waals surface area contributed by atoms with E-state index in [1.54, 1.807) is 24.8 Å². The molecule has 0 bridgehead atoms. The average molecular weight is 482 g/mol. The molecule has 2 rings (SSSR count). The summed E-state index contributed by atoms with van der Waals surface area (Å²) in [4.78, 5) is 12.4. The molecule has 0 spiro atoms. The van der Waals surface area contributed by atoms with Crippen LogP contribution in [0, 0.1) is 24.2 Å². The topological polar surface area (TPSA) is 68.5 Å². The monoisotopic (exact) mass is 481 g/mol. The zero-order valence-electron chi connectivity index (χ0n) is 18.5. The molecule has 0 N–H and O–H groups in total. The smallest absolute Gasteiger partial charge is 0.416 e. The predicted octanol–water partition coefficient (Wildman–Crippen LogP) is 6.05. The molecule has 0 fully saturated rings. The summed E-state index contributed by atoms with van der Waals surface area (Å²) in [5, 5.41) is 8.93. The van der Waals surface area contributed by atoms with Crippen molar-refractivity contribution in [2.45, 2.75) is 37.8 Å². The molecule has 0 saturated carbocycles. The maximum atomic E-state index is 12.7. The molecule has 178 valence electrons. The van der Waals surface area contributed by atoms with Crippen LogP contribution >= 0.6 is 11.8 Å². The van der Waals surface area contributed by atoms with Crippen molar-refractivity contribution in [3.8, 4) is 17.6 Å². The number of nitriles is 1. The lowest BCUT2D eigenvalue weighted by Gasteiger charge is -2.17. The van der Waals surface area contributed by atoms with Gasteiger partial charge in [-0.05, 0) is 68.3 Å². The lowest BCUT2D eigenvalue weighted by Crippen LogP contribution is -2.15. The molecule has 33 heavy (non-hydrogen) atoms. The highest BCUT2D eigenvalue weighted by Crippen LogP contribution is 2.31. The quantitative estimate of drug-likeness (QED) is 0.272. The zero-order valence-corrected chi connectivity index (χ0v) is 19.3. The van der Waals surface area contributed by atoms with Crippen LogP contribution in [0.2, 0.25) is 0 Å². The van der Waals surface area contributed by atoms with E-state index >= 15 is 0 Å². The highest BCUT2D eigenvalue weighted by molar-refractivity contribution is 7.99. The lowest BCUT2D eigenvalue weighted by atomic mass is 10.1. The molecule has 0 radical (unpaired) electrons. The highest BCUT2D eigenvalue weighted by atomic mass is 32.2. The van der Waals surface area contributed by atoms with Crippen molar-refractivity contribution < 1.29 is 32.2 Å². The zero-order chi connectivity index (χ0) is 24.3. The fourth-order valence-electron chi connectivity index (χ4n) is 2.86. The summed E-state index contributed by atoms with van der Waals surface area (Å²) in [7, 11) is 0. The number of benzene rings is 2. The Bertz CT molecular complexity index is 942. The first-order chi connectivity index (χ1) is 15.7. The molecule has 1 atom stereocenters. The van der Waals surface area contributed by atoms with E-state index in [9.17, 15) is 18.0 Å². The van der Waals surface area contributed by atoms with E-state index in [4.69, 9.17) is 19.5 Å². The Balaban J connectivity index is 1.91. The normalized spacial score (nSPS) is 12.0. The summed E-state index contributed by atoms with van der Waals surface area (Å²) >= 11 is 1.59. The largest absolute Gasteiger partial charge is 0.493 e. The Morgan fingerprint density at radius 2 is 1.88 bits per heavy atom. The molecule has 0 aliphatic heterocycles. The molecule has 9 heteroatoms. The van der Waals surface area contributed by atoms with Gasteiger partial charge in [0.15, 0.2) is 6.61 Å². The maximum absolute atomic E-state index is 12.7. The van der Waals surface area contributed by atoms with Crippen LogP contribution in [-0.2, 0) is 15.7 Å². The van der Waals surface area contributed by atoms with Crippen LogP contribution in [-0.4, -0.2) is 31.5 Å². The van der Waals surface area contributed by atoms with Crippen molar-refractivity contribution in [1.29, 1.82) is 5.26 Å². The van der Waals surface area contributed by atoms with Gasteiger partial charge in [0.2, 0.25) is 0 Å². The van der Waals surface area contributed by atoms with Crippen molar-refractivity contribution >= 4 is 17.7 Å². The molecule has 2 aromatic carbocycles. The third-order valence-electron chi connectivity index (χ3n) is 4.61. The van der Waals surface area contributed by atoms with E-state index < -0.39 is 17.7 Å². The molecule has 0 aliphatic rings. The van der Waals surface area contributed by atoms with Gasteiger partial charge in [0, 0.05) is 23.0 Å². The van der Waals surface area contributed by atoms with E-state index in [0.717, 1.165) is 22.6 Å². The number of esters is 1. The van der Waals surface area contributed by atoms with E-state index in [-0.39, 0.29) is 12.5 Å². The first-order valence-electron chi connectivity index (χ1n) is 10.4. The van der Waals surface area contributed by atoms with Gasteiger partial charge >= 0.3 is 12.1 Å². The van der Waals surface area contributed by atoms with Gasteiger partial charge in [0.1, 0.15) is 11.5 Å². The van der Waals surface area contributed by atoms with Crippen LogP contribution < -0.4 is 9.47 Å². The summed E-state index contributed by atoms with van der Waals surface area (Å²) in [5.74, 6) is 1.24. The van der Waals surface area contributed by atoms with Gasteiger partial charge in [-0.3, -0.25) is 0 Å². The number of rotatable bonds is 12. The molecular weight excluding hydrogens is 455 g/mol. The van der Waals surface area contributed by atoms with Gasteiger partial charge in [-0.15, -0.1) is 11.8 Å². The maximum Gasteiger partial charge on any atom is 0.416 e. The summed E-state index contributed by atoms with van der Waals surface area (Å²) in [6.07, 6.45) is -3.41. The number of hydrogen-bond donors (Lipinski definition) is 0. The Hall–Kier alpha value is -2.86. The number of hydrogen-bond acceptors (Lipinski definition) is 6. The molecule has 0 aromatic heterocycles. The Morgan fingerprint density at radius 3 is 2.48 bits per heavy atom. The first kappa shape index (κ1) is 26.4. The Kier molecular flexibility index (Phi) is 10.4. The fraction of sp³-hybridized carbons (Fsp3) is 0.417. The van der Waals surface area contributed by atoms with Crippen molar-refractivity contribution in [1.82, 2.24) is 0 Å². The molecular formula is C24H26F3NO4S.